The molecule has 2 atom stereocenters. The van der Waals surface area contributed by atoms with Crippen molar-refractivity contribution >= 4 is 43.8 Å². The summed E-state index contributed by atoms with van der Waals surface area (Å²) in [6, 6.07) is 10.6. The highest BCUT2D eigenvalue weighted by Gasteiger charge is 2.38. The number of benzene rings is 2. The number of fused-ring (bicyclic) bond motifs is 4. The lowest BCUT2D eigenvalue weighted by Gasteiger charge is -2.27. The number of aromatic nitrogens is 1. The molecule has 0 unspecified atom stereocenters. The number of morpholine rings is 1. The summed E-state index contributed by atoms with van der Waals surface area (Å²) < 4.78 is 34.7. The zero-order chi connectivity index (χ0) is 25.0. The van der Waals surface area contributed by atoms with Gasteiger partial charge in [0.2, 0.25) is 0 Å². The number of aromatic amines is 1. The van der Waals surface area contributed by atoms with Crippen molar-refractivity contribution in [3.8, 4) is 6.07 Å². The van der Waals surface area contributed by atoms with E-state index in [-0.39, 0.29) is 27.2 Å². The van der Waals surface area contributed by atoms with Gasteiger partial charge in [0.15, 0.2) is 0 Å². The van der Waals surface area contributed by atoms with Crippen LogP contribution >= 0.6 is 11.6 Å². The van der Waals surface area contributed by atoms with Gasteiger partial charge in [-0.15, -0.1) is 0 Å². The molecule has 11 heteroatoms. The van der Waals surface area contributed by atoms with Crippen LogP contribution < -0.4 is 15.2 Å². The van der Waals surface area contributed by atoms with E-state index in [2.05, 4.69) is 21.3 Å². The first-order valence-corrected chi connectivity index (χ1v) is 13.7. The molecule has 2 bridgehead atoms. The maximum atomic E-state index is 13.9. The lowest BCUT2D eigenvalue weighted by atomic mass is 10.1. The fourth-order valence-corrected chi connectivity index (χ4v) is 7.65. The summed E-state index contributed by atoms with van der Waals surface area (Å²) >= 11 is 6.34. The largest absolute Gasteiger partial charge is 0.383 e. The zero-order valence-electron chi connectivity index (χ0n) is 19.3. The van der Waals surface area contributed by atoms with E-state index in [1.165, 1.54) is 22.6 Å². The van der Waals surface area contributed by atoms with Crippen LogP contribution in [0.15, 0.2) is 46.2 Å². The van der Waals surface area contributed by atoms with Gasteiger partial charge in [0.05, 0.1) is 39.9 Å². The topological polar surface area (TPSA) is 119 Å². The van der Waals surface area contributed by atoms with E-state index in [4.69, 9.17) is 16.3 Å². The molecule has 3 aromatic rings. The minimum absolute atomic E-state index is 0.0351. The molecule has 0 radical (unpaired) electrons. The van der Waals surface area contributed by atoms with Crippen LogP contribution in [0.2, 0.25) is 5.02 Å². The van der Waals surface area contributed by atoms with E-state index in [9.17, 15) is 18.5 Å². The Balaban J connectivity index is 1.33. The predicted octanol–water partition coefficient (Wildman–Crippen LogP) is 2.69. The zero-order valence-corrected chi connectivity index (χ0v) is 20.9. The summed E-state index contributed by atoms with van der Waals surface area (Å²) in [5.74, 6) is 0. The van der Waals surface area contributed by atoms with Crippen LogP contribution in [0.1, 0.15) is 17.5 Å². The second-order valence-electron chi connectivity index (χ2n) is 9.37. The van der Waals surface area contributed by atoms with Gasteiger partial charge < -0.3 is 15.0 Å². The lowest BCUT2D eigenvalue weighted by molar-refractivity contribution is 0.0324. The third-order valence-electron chi connectivity index (χ3n) is 7.33. The fourth-order valence-electron chi connectivity index (χ4n) is 5.61. The van der Waals surface area contributed by atoms with Crippen LogP contribution in [0.25, 0.3) is 10.8 Å². The number of nitrogens with one attached hydrogen (secondary N) is 2. The number of H-pyrrole nitrogens is 1. The van der Waals surface area contributed by atoms with Crippen LogP contribution in [0.3, 0.4) is 0 Å². The van der Waals surface area contributed by atoms with Crippen molar-refractivity contribution in [2.24, 2.45) is 0 Å². The number of sulfonamides is 1. The quantitative estimate of drug-likeness (QED) is 0.508. The minimum Gasteiger partial charge on any atom is -0.383 e. The van der Waals surface area contributed by atoms with Gasteiger partial charge in [0.25, 0.3) is 15.6 Å². The van der Waals surface area contributed by atoms with Crippen molar-refractivity contribution in [2.75, 3.05) is 42.4 Å². The molecular formula is C25H24ClN5O4S. The summed E-state index contributed by atoms with van der Waals surface area (Å²) in [6.07, 6.45) is 3.22. The molecule has 0 saturated carbocycles. The predicted molar refractivity (Wildman–Crippen MR) is 137 cm³/mol. The molecule has 36 heavy (non-hydrogen) atoms. The Bertz CT molecular complexity index is 1580. The Hall–Kier alpha value is -3.10. The van der Waals surface area contributed by atoms with Gasteiger partial charge in [0, 0.05) is 60.4 Å². The number of rotatable bonds is 6. The SMILES string of the molecule is N#Cc1cc(NCCN2C[C@@H]3C[C@H]2CO3)c2c(c1)N(S(=O)(=O)c1cccc3c(=O)[nH]cc(Cl)c13)CC2. The van der Waals surface area contributed by atoms with E-state index in [1.54, 1.807) is 18.2 Å². The molecule has 4 heterocycles. The number of ether oxygens (including phenoxy) is 1. The first-order valence-electron chi connectivity index (χ1n) is 11.9. The van der Waals surface area contributed by atoms with Crippen LogP contribution in [0.5, 0.6) is 0 Å². The maximum Gasteiger partial charge on any atom is 0.265 e. The number of halogens is 1. The van der Waals surface area contributed by atoms with E-state index in [1.807, 2.05) is 0 Å². The molecule has 2 aromatic carbocycles. The molecule has 3 aliphatic heterocycles. The van der Waals surface area contributed by atoms with Crippen molar-refractivity contribution in [2.45, 2.75) is 29.9 Å². The van der Waals surface area contributed by atoms with Crippen molar-refractivity contribution in [1.82, 2.24) is 9.88 Å². The molecule has 0 aliphatic carbocycles. The monoisotopic (exact) mass is 525 g/mol. The summed E-state index contributed by atoms with van der Waals surface area (Å²) in [7, 11) is -4.06. The van der Waals surface area contributed by atoms with Crippen molar-refractivity contribution < 1.29 is 13.2 Å². The molecule has 1 aromatic heterocycles. The van der Waals surface area contributed by atoms with Crippen LogP contribution in [-0.4, -0.2) is 63.2 Å². The molecule has 6 rings (SSSR count). The minimum atomic E-state index is -4.06. The summed E-state index contributed by atoms with van der Waals surface area (Å²) in [4.78, 5) is 17.2. The smallest absolute Gasteiger partial charge is 0.265 e. The van der Waals surface area contributed by atoms with Crippen LogP contribution in [-0.2, 0) is 21.2 Å². The van der Waals surface area contributed by atoms with Gasteiger partial charge in [-0.3, -0.25) is 14.0 Å². The van der Waals surface area contributed by atoms with E-state index >= 15 is 0 Å². The molecule has 2 fully saturated rings. The van der Waals surface area contributed by atoms with Crippen LogP contribution in [0, 0.1) is 11.3 Å². The highest BCUT2D eigenvalue weighted by atomic mass is 35.5. The third kappa shape index (κ3) is 3.74. The second kappa shape index (κ2) is 8.78. The average Bonchev–Trinajstić information content (AvgIpc) is 3.62. The first-order chi connectivity index (χ1) is 17.4. The molecule has 0 spiro atoms. The van der Waals surface area contributed by atoms with Gasteiger partial charge in [0.1, 0.15) is 0 Å². The van der Waals surface area contributed by atoms with E-state index in [0.717, 1.165) is 37.4 Å². The van der Waals surface area contributed by atoms with Gasteiger partial charge in [-0.25, -0.2) is 8.42 Å². The standard InChI is InChI=1S/C25H24ClN5O4S/c26-20-12-29-25(32)19-2-1-3-23(24(19)20)36(33,34)31-6-4-18-21(8-15(11-27)9-22(18)31)28-5-7-30-13-17-10-16(30)14-35-17/h1-3,8-9,12,16-17,28H,4-7,10,13-14H2,(H,29,32)/t16-,17-/m0/s1. The van der Waals surface area contributed by atoms with Gasteiger partial charge in [-0.05, 0) is 37.1 Å². The summed E-state index contributed by atoms with van der Waals surface area (Å²) in [5, 5.41) is 13.6. The number of nitrogens with zero attached hydrogens (tertiary/aromatic N) is 3. The maximum absolute atomic E-state index is 13.9. The molecule has 9 nitrogen and oxygen atoms in total. The van der Waals surface area contributed by atoms with E-state index in [0.29, 0.717) is 36.4 Å². The van der Waals surface area contributed by atoms with Gasteiger partial charge in [-0.2, -0.15) is 5.26 Å². The van der Waals surface area contributed by atoms with Crippen molar-refractivity contribution in [3.63, 3.8) is 0 Å². The second-order valence-corrected chi connectivity index (χ2v) is 11.6. The number of hydrogen-bond acceptors (Lipinski definition) is 7. The number of hydrogen-bond donors (Lipinski definition) is 2. The third-order valence-corrected chi connectivity index (χ3v) is 9.48. The number of nitriles is 1. The Morgan fingerprint density at radius 1 is 1.31 bits per heavy atom. The normalized spacial score (nSPS) is 21.2. The summed E-state index contributed by atoms with van der Waals surface area (Å²) in [5.41, 5.74) is 2.06. The van der Waals surface area contributed by atoms with Gasteiger partial charge in [-0.1, -0.05) is 17.7 Å². The molecule has 186 valence electrons. The lowest BCUT2D eigenvalue weighted by Crippen LogP contribution is -2.39. The Labute approximate surface area is 213 Å². The first kappa shape index (κ1) is 23.3. The molecule has 2 saturated heterocycles. The number of likely N-dealkylation sites (tertiary alicyclic amines) is 1. The Morgan fingerprint density at radius 3 is 2.92 bits per heavy atom. The average molecular weight is 526 g/mol. The molecule has 2 N–H and O–H groups in total. The fraction of sp³-hybridized carbons (Fsp3) is 0.360. The Morgan fingerprint density at radius 2 is 2.17 bits per heavy atom. The molecule has 0 amide bonds. The molecule has 3 aliphatic rings. The Kier molecular flexibility index (Phi) is 5.68. The number of pyridine rings is 1. The molecular weight excluding hydrogens is 502 g/mol. The van der Waals surface area contributed by atoms with Crippen LogP contribution in [0.4, 0.5) is 11.4 Å². The highest BCUT2D eigenvalue weighted by molar-refractivity contribution is 7.93. The summed E-state index contributed by atoms with van der Waals surface area (Å²) in [6.45, 7) is 3.47. The van der Waals surface area contributed by atoms with Crippen molar-refractivity contribution in [3.05, 3.63) is 63.0 Å². The van der Waals surface area contributed by atoms with Gasteiger partial charge >= 0.3 is 0 Å². The van der Waals surface area contributed by atoms with Crippen molar-refractivity contribution in [1.29, 1.82) is 5.26 Å². The number of anilines is 2. The highest BCUT2D eigenvalue weighted by Crippen LogP contribution is 2.40. The van der Waals surface area contributed by atoms with E-state index < -0.39 is 15.6 Å².